The molecule has 58 valence electrons. The number of nitrogens with one attached hydrogen (secondary N) is 1. The second-order valence-electron chi connectivity index (χ2n) is 2.70. The van der Waals surface area contributed by atoms with Crippen LogP contribution in [-0.2, 0) is 13.1 Å². The summed E-state index contributed by atoms with van der Waals surface area (Å²) in [6, 6.07) is -0.346. The van der Waals surface area contributed by atoms with Crippen molar-refractivity contribution in [2.24, 2.45) is 5.73 Å². The first-order valence-electron chi connectivity index (χ1n) is 3.46. The van der Waals surface area contributed by atoms with Crippen molar-refractivity contribution in [2.45, 2.75) is 13.1 Å². The van der Waals surface area contributed by atoms with E-state index >= 15 is 0 Å². The molecule has 0 aromatic carbocycles. The molecule has 0 radical (unpaired) electrons. The molecule has 3 N–H and O–H groups in total. The van der Waals surface area contributed by atoms with E-state index in [1.54, 1.807) is 4.90 Å². The zero-order valence-electron chi connectivity index (χ0n) is 6.00. The molecular weight excluding hydrogens is 142 g/mol. The van der Waals surface area contributed by atoms with Crippen LogP contribution in [0.3, 0.4) is 0 Å². The van der Waals surface area contributed by atoms with Crippen LogP contribution < -0.4 is 5.73 Å². The Morgan fingerprint density at radius 2 is 2.00 bits per heavy atom. The topological polar surface area (TPSA) is 62.1 Å². The summed E-state index contributed by atoms with van der Waals surface area (Å²) in [6.45, 7) is 1.29. The van der Waals surface area contributed by atoms with E-state index in [4.69, 9.17) is 5.73 Å². The maximum Gasteiger partial charge on any atom is 0.315 e. The number of aromatic amines is 1. The minimum atomic E-state index is -0.346. The standard InChI is InChI=1S/C7H9N3O/c8-7(11)10-3-5-1-9-2-6(5)4-10/h1-2,9H,3-4H2,(H2,8,11). The Balaban J connectivity index is 2.22. The summed E-state index contributed by atoms with van der Waals surface area (Å²) in [5, 5.41) is 0. The van der Waals surface area contributed by atoms with Gasteiger partial charge in [-0.15, -0.1) is 0 Å². The van der Waals surface area contributed by atoms with Crippen molar-refractivity contribution < 1.29 is 4.79 Å². The second kappa shape index (κ2) is 2.02. The van der Waals surface area contributed by atoms with E-state index in [-0.39, 0.29) is 6.03 Å². The molecule has 11 heavy (non-hydrogen) atoms. The summed E-state index contributed by atoms with van der Waals surface area (Å²) in [4.78, 5) is 15.3. The molecule has 4 nitrogen and oxygen atoms in total. The number of carbonyl (C=O) groups is 1. The summed E-state index contributed by atoms with van der Waals surface area (Å²) in [5.41, 5.74) is 7.45. The fraction of sp³-hybridized carbons (Fsp3) is 0.286. The number of fused-ring (bicyclic) bond motifs is 1. The van der Waals surface area contributed by atoms with Crippen LogP contribution in [0.1, 0.15) is 11.1 Å². The van der Waals surface area contributed by atoms with E-state index in [9.17, 15) is 4.79 Å². The molecule has 0 aliphatic carbocycles. The van der Waals surface area contributed by atoms with Gasteiger partial charge in [-0.05, 0) is 11.1 Å². The third-order valence-electron chi connectivity index (χ3n) is 1.96. The summed E-state index contributed by atoms with van der Waals surface area (Å²) in [6.07, 6.45) is 3.80. The van der Waals surface area contributed by atoms with Gasteiger partial charge in [0.15, 0.2) is 0 Å². The summed E-state index contributed by atoms with van der Waals surface area (Å²) < 4.78 is 0. The number of hydrogen-bond acceptors (Lipinski definition) is 1. The first-order chi connectivity index (χ1) is 5.27. The van der Waals surface area contributed by atoms with Gasteiger partial charge in [0.2, 0.25) is 0 Å². The average molecular weight is 151 g/mol. The number of rotatable bonds is 0. The number of hydrogen-bond donors (Lipinski definition) is 2. The molecule has 0 bridgehead atoms. The van der Waals surface area contributed by atoms with Crippen molar-refractivity contribution in [2.75, 3.05) is 0 Å². The van der Waals surface area contributed by atoms with Crippen LogP contribution in [0.5, 0.6) is 0 Å². The number of nitrogens with zero attached hydrogens (tertiary/aromatic N) is 1. The van der Waals surface area contributed by atoms with Gasteiger partial charge in [0, 0.05) is 25.5 Å². The Morgan fingerprint density at radius 1 is 1.45 bits per heavy atom. The molecule has 0 fully saturated rings. The number of primary amides is 1. The molecule has 0 saturated carbocycles. The highest BCUT2D eigenvalue weighted by molar-refractivity contribution is 5.72. The molecule has 1 aliphatic heterocycles. The molecule has 0 atom stereocenters. The van der Waals surface area contributed by atoms with Gasteiger partial charge in [0.05, 0.1) is 0 Å². The lowest BCUT2D eigenvalue weighted by atomic mass is 10.2. The van der Waals surface area contributed by atoms with Crippen molar-refractivity contribution in [3.05, 3.63) is 23.5 Å². The van der Waals surface area contributed by atoms with E-state index in [2.05, 4.69) is 4.98 Å². The van der Waals surface area contributed by atoms with Crippen molar-refractivity contribution in [1.29, 1.82) is 0 Å². The van der Waals surface area contributed by atoms with Crippen LogP contribution >= 0.6 is 0 Å². The quantitative estimate of drug-likeness (QED) is 0.554. The molecule has 2 amide bonds. The third-order valence-corrected chi connectivity index (χ3v) is 1.96. The van der Waals surface area contributed by atoms with Crippen molar-refractivity contribution in [3.8, 4) is 0 Å². The predicted octanol–water partition coefficient (Wildman–Crippen LogP) is 0.409. The monoisotopic (exact) mass is 151 g/mol. The van der Waals surface area contributed by atoms with Crippen LogP contribution in [0.2, 0.25) is 0 Å². The summed E-state index contributed by atoms with van der Waals surface area (Å²) >= 11 is 0. The number of amides is 2. The molecule has 1 aromatic heterocycles. The minimum absolute atomic E-state index is 0.346. The van der Waals surface area contributed by atoms with Crippen LogP contribution in [0.15, 0.2) is 12.4 Å². The number of urea groups is 1. The second-order valence-corrected chi connectivity index (χ2v) is 2.70. The molecule has 2 heterocycles. The molecule has 0 saturated heterocycles. The van der Waals surface area contributed by atoms with Gasteiger partial charge in [0.1, 0.15) is 0 Å². The first-order valence-corrected chi connectivity index (χ1v) is 3.46. The van der Waals surface area contributed by atoms with Gasteiger partial charge in [-0.3, -0.25) is 0 Å². The van der Waals surface area contributed by atoms with Crippen molar-refractivity contribution in [1.82, 2.24) is 9.88 Å². The largest absolute Gasteiger partial charge is 0.367 e. The SMILES string of the molecule is NC(=O)N1Cc2c[nH]cc2C1. The van der Waals surface area contributed by atoms with E-state index in [1.165, 1.54) is 11.1 Å². The molecule has 0 unspecified atom stereocenters. The molecule has 4 heteroatoms. The maximum atomic E-state index is 10.7. The minimum Gasteiger partial charge on any atom is -0.367 e. The predicted molar refractivity (Wildman–Crippen MR) is 39.6 cm³/mol. The Labute approximate surface area is 64.0 Å². The fourth-order valence-electron chi connectivity index (χ4n) is 1.35. The van der Waals surface area contributed by atoms with Gasteiger partial charge in [-0.2, -0.15) is 0 Å². The average Bonchev–Trinajstić information content (AvgIpc) is 2.40. The highest BCUT2D eigenvalue weighted by Crippen LogP contribution is 2.20. The lowest BCUT2D eigenvalue weighted by Crippen LogP contribution is -2.30. The fourth-order valence-corrected chi connectivity index (χ4v) is 1.35. The van der Waals surface area contributed by atoms with Gasteiger partial charge in [0.25, 0.3) is 0 Å². The maximum absolute atomic E-state index is 10.7. The van der Waals surface area contributed by atoms with Crippen LogP contribution in [0.25, 0.3) is 0 Å². The lowest BCUT2D eigenvalue weighted by molar-refractivity contribution is 0.208. The Hall–Kier alpha value is -1.45. The summed E-state index contributed by atoms with van der Waals surface area (Å²) in [5.74, 6) is 0. The van der Waals surface area contributed by atoms with E-state index < -0.39 is 0 Å². The van der Waals surface area contributed by atoms with Gasteiger partial charge >= 0.3 is 6.03 Å². The molecule has 1 aliphatic rings. The van der Waals surface area contributed by atoms with Gasteiger partial charge < -0.3 is 15.6 Å². The number of carbonyl (C=O) groups excluding carboxylic acids is 1. The van der Waals surface area contributed by atoms with Crippen LogP contribution in [0, 0.1) is 0 Å². The highest BCUT2D eigenvalue weighted by atomic mass is 16.2. The smallest absolute Gasteiger partial charge is 0.315 e. The lowest BCUT2D eigenvalue weighted by Gasteiger charge is -2.10. The zero-order chi connectivity index (χ0) is 7.84. The van der Waals surface area contributed by atoms with Gasteiger partial charge in [-0.25, -0.2) is 4.79 Å². The molecular formula is C7H9N3O. The molecule has 0 spiro atoms. The molecule has 1 aromatic rings. The Bertz CT molecular complexity index is 271. The van der Waals surface area contributed by atoms with Crippen molar-refractivity contribution >= 4 is 6.03 Å². The Morgan fingerprint density at radius 3 is 2.45 bits per heavy atom. The number of aromatic nitrogens is 1. The normalized spacial score (nSPS) is 15.1. The molecule has 2 rings (SSSR count). The van der Waals surface area contributed by atoms with Crippen molar-refractivity contribution in [3.63, 3.8) is 0 Å². The van der Waals surface area contributed by atoms with Crippen LogP contribution in [0.4, 0.5) is 4.79 Å². The van der Waals surface area contributed by atoms with E-state index in [1.807, 2.05) is 12.4 Å². The zero-order valence-corrected chi connectivity index (χ0v) is 6.00. The number of nitrogens with two attached hydrogens (primary N) is 1. The Kier molecular flexibility index (Phi) is 1.15. The number of H-pyrrole nitrogens is 1. The van der Waals surface area contributed by atoms with Crippen LogP contribution in [-0.4, -0.2) is 15.9 Å². The highest BCUT2D eigenvalue weighted by Gasteiger charge is 2.21. The van der Waals surface area contributed by atoms with E-state index in [0.29, 0.717) is 13.1 Å². The van der Waals surface area contributed by atoms with Gasteiger partial charge in [-0.1, -0.05) is 0 Å². The van der Waals surface area contributed by atoms with E-state index in [0.717, 1.165) is 0 Å². The third kappa shape index (κ3) is 0.869. The summed E-state index contributed by atoms with van der Waals surface area (Å²) in [7, 11) is 0. The first kappa shape index (κ1) is 6.27.